The van der Waals surface area contributed by atoms with Gasteiger partial charge in [0.15, 0.2) is 0 Å². The average molecular weight is 466 g/mol. The van der Waals surface area contributed by atoms with Crippen LogP contribution in [0.2, 0.25) is 5.02 Å². The maximum Gasteiger partial charge on any atom is 0.258 e. The zero-order valence-electron chi connectivity index (χ0n) is 19.4. The fourth-order valence-electron chi connectivity index (χ4n) is 4.61. The minimum absolute atomic E-state index is 0.146. The number of benzene rings is 2. The molecule has 0 bridgehead atoms. The van der Waals surface area contributed by atoms with Crippen molar-refractivity contribution < 1.29 is 4.74 Å². The van der Waals surface area contributed by atoms with Crippen LogP contribution in [0.5, 0.6) is 5.75 Å². The molecule has 0 radical (unpaired) electrons. The van der Waals surface area contributed by atoms with Crippen LogP contribution in [0.25, 0.3) is 5.69 Å². The summed E-state index contributed by atoms with van der Waals surface area (Å²) >= 11 is 6.62. The number of piperidine rings is 1. The lowest BCUT2D eigenvalue weighted by atomic mass is 9.72. The van der Waals surface area contributed by atoms with Gasteiger partial charge in [-0.2, -0.15) is 0 Å². The van der Waals surface area contributed by atoms with Crippen molar-refractivity contribution in [1.29, 1.82) is 0 Å². The summed E-state index contributed by atoms with van der Waals surface area (Å²) in [5.74, 6) is 0.556. The summed E-state index contributed by atoms with van der Waals surface area (Å²) in [6.45, 7) is 8.75. The smallest absolute Gasteiger partial charge is 0.258 e. The van der Waals surface area contributed by atoms with E-state index in [0.717, 1.165) is 43.1 Å². The zero-order chi connectivity index (χ0) is 23.3. The second-order valence-electron chi connectivity index (χ2n) is 8.59. The number of pyridine rings is 1. The molecule has 1 N–H and O–H groups in total. The lowest BCUT2D eigenvalue weighted by Gasteiger charge is -2.53. The number of aromatic nitrogens is 1. The van der Waals surface area contributed by atoms with Gasteiger partial charge in [0.1, 0.15) is 12.4 Å². The Morgan fingerprint density at radius 2 is 1.73 bits per heavy atom. The Morgan fingerprint density at radius 1 is 1.00 bits per heavy atom. The molecule has 0 aliphatic carbocycles. The molecule has 1 spiro atoms. The SMILES string of the molecule is CC.O=c1cc(OCc2ccccc2)ccn1-c1ccc(N2CC3(CCNCC3)C2)c(Cl)c1. The second kappa shape index (κ2) is 10.4. The lowest BCUT2D eigenvalue weighted by molar-refractivity contribution is 0.150. The second-order valence-corrected chi connectivity index (χ2v) is 8.99. The Morgan fingerprint density at radius 3 is 2.39 bits per heavy atom. The molecule has 2 aliphatic rings. The van der Waals surface area contributed by atoms with Crippen LogP contribution in [0.15, 0.2) is 71.7 Å². The molecule has 0 unspecified atom stereocenters. The Bertz CT molecular complexity index is 1120. The third-order valence-electron chi connectivity index (χ3n) is 6.41. The van der Waals surface area contributed by atoms with Gasteiger partial charge in [-0.15, -0.1) is 0 Å². The Hall–Kier alpha value is -2.76. The topological polar surface area (TPSA) is 46.5 Å². The molecule has 2 fully saturated rings. The normalized spacial score (nSPS) is 16.5. The minimum atomic E-state index is -0.146. The minimum Gasteiger partial charge on any atom is -0.489 e. The van der Waals surface area contributed by atoms with Crippen LogP contribution < -0.4 is 20.5 Å². The monoisotopic (exact) mass is 465 g/mol. The van der Waals surface area contributed by atoms with E-state index in [4.69, 9.17) is 16.3 Å². The van der Waals surface area contributed by atoms with Gasteiger partial charge in [-0.25, -0.2) is 0 Å². The van der Waals surface area contributed by atoms with Crippen molar-refractivity contribution in [2.24, 2.45) is 5.41 Å². The van der Waals surface area contributed by atoms with Crippen LogP contribution in [-0.2, 0) is 6.61 Å². The van der Waals surface area contributed by atoms with E-state index in [9.17, 15) is 4.79 Å². The van der Waals surface area contributed by atoms with E-state index in [-0.39, 0.29) is 5.56 Å². The van der Waals surface area contributed by atoms with Crippen molar-refractivity contribution in [3.8, 4) is 11.4 Å². The molecule has 0 saturated carbocycles. The predicted molar refractivity (Wildman–Crippen MR) is 136 cm³/mol. The molecule has 0 amide bonds. The zero-order valence-corrected chi connectivity index (χ0v) is 20.1. The highest BCUT2D eigenvalue weighted by molar-refractivity contribution is 6.33. The summed E-state index contributed by atoms with van der Waals surface area (Å²) in [6.07, 6.45) is 4.20. The van der Waals surface area contributed by atoms with Crippen LogP contribution >= 0.6 is 11.6 Å². The Labute approximate surface area is 201 Å². The number of anilines is 1. The molecular weight excluding hydrogens is 434 g/mol. The number of rotatable bonds is 5. The van der Waals surface area contributed by atoms with E-state index < -0.39 is 0 Å². The summed E-state index contributed by atoms with van der Waals surface area (Å²) in [5, 5.41) is 4.12. The van der Waals surface area contributed by atoms with Gasteiger partial charge in [0.05, 0.1) is 16.4 Å². The van der Waals surface area contributed by atoms with Gasteiger partial charge in [0.25, 0.3) is 5.56 Å². The van der Waals surface area contributed by atoms with Crippen molar-refractivity contribution in [2.75, 3.05) is 31.1 Å². The third kappa shape index (κ3) is 5.26. The van der Waals surface area contributed by atoms with Crippen molar-refractivity contribution in [3.05, 3.63) is 87.8 Å². The molecule has 2 aliphatic heterocycles. The number of halogens is 1. The summed E-state index contributed by atoms with van der Waals surface area (Å²) in [4.78, 5) is 15.0. The van der Waals surface area contributed by atoms with E-state index >= 15 is 0 Å². The number of nitrogens with zero attached hydrogens (tertiary/aromatic N) is 2. The van der Waals surface area contributed by atoms with Gasteiger partial charge in [0, 0.05) is 30.8 Å². The molecule has 174 valence electrons. The third-order valence-corrected chi connectivity index (χ3v) is 6.71. The van der Waals surface area contributed by atoms with Crippen molar-refractivity contribution >= 4 is 17.3 Å². The maximum absolute atomic E-state index is 12.7. The van der Waals surface area contributed by atoms with E-state index in [1.165, 1.54) is 18.9 Å². The van der Waals surface area contributed by atoms with Crippen LogP contribution in [0.1, 0.15) is 32.3 Å². The van der Waals surface area contributed by atoms with Gasteiger partial charge < -0.3 is 15.0 Å². The van der Waals surface area contributed by atoms with Crippen LogP contribution in [0.4, 0.5) is 5.69 Å². The first-order valence-electron chi connectivity index (χ1n) is 11.8. The largest absolute Gasteiger partial charge is 0.489 e. The van der Waals surface area contributed by atoms with Crippen molar-refractivity contribution in [1.82, 2.24) is 9.88 Å². The number of hydrogen-bond donors (Lipinski definition) is 1. The molecule has 2 saturated heterocycles. The predicted octanol–water partition coefficient (Wildman–Crippen LogP) is 5.29. The van der Waals surface area contributed by atoms with Gasteiger partial charge in [-0.3, -0.25) is 9.36 Å². The lowest BCUT2D eigenvalue weighted by Crippen LogP contribution is -2.60. The van der Waals surface area contributed by atoms with E-state index in [0.29, 0.717) is 22.8 Å². The molecule has 3 aromatic rings. The van der Waals surface area contributed by atoms with Gasteiger partial charge in [-0.05, 0) is 55.8 Å². The highest BCUT2D eigenvalue weighted by Crippen LogP contribution is 2.43. The first-order valence-corrected chi connectivity index (χ1v) is 12.1. The molecule has 0 atom stereocenters. The fourth-order valence-corrected chi connectivity index (χ4v) is 4.91. The molecule has 3 heterocycles. The summed E-state index contributed by atoms with van der Waals surface area (Å²) in [7, 11) is 0. The Balaban J connectivity index is 0.00000126. The average Bonchev–Trinajstić information content (AvgIpc) is 2.84. The molecule has 6 heteroatoms. The summed E-state index contributed by atoms with van der Waals surface area (Å²) in [6, 6.07) is 19.1. The van der Waals surface area contributed by atoms with Gasteiger partial charge in [-0.1, -0.05) is 55.8 Å². The first kappa shape index (κ1) is 23.4. The number of nitrogens with one attached hydrogen (secondary N) is 1. The van der Waals surface area contributed by atoms with Crippen molar-refractivity contribution in [3.63, 3.8) is 0 Å². The van der Waals surface area contributed by atoms with E-state index in [1.54, 1.807) is 10.8 Å². The Kier molecular flexibility index (Phi) is 7.41. The van der Waals surface area contributed by atoms with Gasteiger partial charge in [0.2, 0.25) is 0 Å². The summed E-state index contributed by atoms with van der Waals surface area (Å²) in [5.41, 5.74) is 3.16. The molecule has 1 aromatic heterocycles. The molecular formula is C27H32ClN3O2. The van der Waals surface area contributed by atoms with E-state index in [1.807, 2.05) is 68.4 Å². The highest BCUT2D eigenvalue weighted by Gasteiger charge is 2.43. The first-order chi connectivity index (χ1) is 16.1. The molecule has 5 rings (SSSR count). The maximum atomic E-state index is 12.7. The molecule has 5 nitrogen and oxygen atoms in total. The van der Waals surface area contributed by atoms with Crippen molar-refractivity contribution in [2.45, 2.75) is 33.3 Å². The number of hydrogen-bond acceptors (Lipinski definition) is 4. The van der Waals surface area contributed by atoms with Crippen LogP contribution in [-0.4, -0.2) is 30.7 Å². The summed E-state index contributed by atoms with van der Waals surface area (Å²) < 4.78 is 7.36. The molecule has 33 heavy (non-hydrogen) atoms. The van der Waals surface area contributed by atoms with Crippen LogP contribution in [0, 0.1) is 5.41 Å². The van der Waals surface area contributed by atoms with Crippen LogP contribution in [0.3, 0.4) is 0 Å². The highest BCUT2D eigenvalue weighted by atomic mass is 35.5. The standard InChI is InChI=1S/C25H26ClN3O2.C2H6/c26-22-14-20(6-7-23(22)28-17-25(18-28)9-11-27-12-10-25)29-13-8-21(15-24(29)30)31-16-19-4-2-1-3-5-19;1-2/h1-8,13-15,27H,9-12,16-18H2;1-2H3. The van der Waals surface area contributed by atoms with E-state index in [2.05, 4.69) is 10.2 Å². The molecule has 2 aromatic carbocycles. The van der Waals surface area contributed by atoms with Gasteiger partial charge >= 0.3 is 0 Å². The quantitative estimate of drug-likeness (QED) is 0.556. The number of ether oxygens (including phenoxy) is 1. The fraction of sp³-hybridized carbons (Fsp3) is 0.370.